The van der Waals surface area contributed by atoms with Crippen LogP contribution in [0.4, 0.5) is 5.69 Å². The molecule has 1 aliphatic rings. The smallest absolute Gasteiger partial charge is 0.101 e. The molecular formula is C33H47N3O6. The van der Waals surface area contributed by atoms with Crippen molar-refractivity contribution in [2.24, 2.45) is 0 Å². The van der Waals surface area contributed by atoms with Crippen molar-refractivity contribution in [3.05, 3.63) is 59.8 Å². The molecule has 0 amide bonds. The monoisotopic (exact) mass is 581 g/mol. The fraction of sp³-hybridized carbons (Fsp3) is 0.545. The zero-order chi connectivity index (χ0) is 29.7. The number of ether oxygens (including phenoxy) is 6. The summed E-state index contributed by atoms with van der Waals surface area (Å²) in [6.45, 7) is 12.6. The van der Waals surface area contributed by atoms with Gasteiger partial charge in [0.25, 0.3) is 0 Å². The number of rotatable bonds is 22. The lowest BCUT2D eigenvalue weighted by atomic mass is 10.0. The lowest BCUT2D eigenvalue weighted by molar-refractivity contribution is -0.0144. The number of allylic oxidation sites excluding steroid dienone is 1. The predicted molar refractivity (Wildman–Crippen MR) is 167 cm³/mol. The van der Waals surface area contributed by atoms with Crippen LogP contribution < -0.4 is 10.2 Å². The van der Waals surface area contributed by atoms with E-state index in [1.165, 1.54) is 30.3 Å². The van der Waals surface area contributed by atoms with Crippen molar-refractivity contribution in [1.29, 1.82) is 5.26 Å². The second kappa shape index (κ2) is 20.8. The highest BCUT2D eigenvalue weighted by Gasteiger charge is 2.11. The number of fused-ring (bicyclic) bond motifs is 1. The Labute approximate surface area is 251 Å². The van der Waals surface area contributed by atoms with Crippen LogP contribution in [0.15, 0.2) is 54.2 Å². The molecule has 3 rings (SSSR count). The molecule has 0 aliphatic carbocycles. The van der Waals surface area contributed by atoms with Gasteiger partial charge in [0, 0.05) is 38.1 Å². The molecule has 1 aliphatic heterocycles. The number of nitrogens with one attached hydrogen (secondary N) is 1. The van der Waals surface area contributed by atoms with Crippen LogP contribution in [0, 0.1) is 11.3 Å². The maximum absolute atomic E-state index is 9.70. The second-order valence-electron chi connectivity index (χ2n) is 9.97. The SMILES string of the molecule is C=C(NCCOCCOCCOCCOCCOCCOC)/C(C#N)=C/c1ccc2cc(N3CCCCC3)ccc2c1. The molecule has 9 heteroatoms. The van der Waals surface area contributed by atoms with Gasteiger partial charge < -0.3 is 38.6 Å². The Morgan fingerprint density at radius 2 is 1.33 bits per heavy atom. The predicted octanol–water partition coefficient (Wildman–Crippen LogP) is 4.57. The molecule has 0 spiro atoms. The van der Waals surface area contributed by atoms with Crippen LogP contribution in [-0.2, 0) is 28.4 Å². The number of piperidine rings is 1. The van der Waals surface area contributed by atoms with Crippen LogP contribution in [0.1, 0.15) is 24.8 Å². The molecule has 1 heterocycles. The van der Waals surface area contributed by atoms with Gasteiger partial charge in [-0.25, -0.2) is 0 Å². The minimum Gasteiger partial charge on any atom is -0.382 e. The zero-order valence-electron chi connectivity index (χ0n) is 25.1. The van der Waals surface area contributed by atoms with E-state index in [9.17, 15) is 5.26 Å². The molecule has 0 atom stereocenters. The molecule has 2 aromatic carbocycles. The van der Waals surface area contributed by atoms with Crippen LogP contribution in [-0.4, -0.2) is 99.4 Å². The molecule has 1 fully saturated rings. The van der Waals surface area contributed by atoms with E-state index in [4.69, 9.17) is 28.4 Å². The van der Waals surface area contributed by atoms with Crippen LogP contribution in [0.25, 0.3) is 16.8 Å². The van der Waals surface area contributed by atoms with Gasteiger partial charge in [0.05, 0.1) is 78.2 Å². The van der Waals surface area contributed by atoms with Crippen molar-refractivity contribution in [3.63, 3.8) is 0 Å². The minimum absolute atomic E-state index is 0.484. The van der Waals surface area contributed by atoms with Crippen LogP contribution in [0.2, 0.25) is 0 Å². The van der Waals surface area contributed by atoms with Gasteiger partial charge in [-0.05, 0) is 59.9 Å². The summed E-state index contributed by atoms with van der Waals surface area (Å²) < 4.78 is 32.2. The van der Waals surface area contributed by atoms with E-state index in [0.29, 0.717) is 90.5 Å². The molecule has 9 nitrogen and oxygen atoms in total. The standard InChI is InChI=1S/C33H47N3O6/c1-28(35-10-13-38-16-17-40-20-21-42-23-22-41-19-18-39-15-14-37-2)32(27-34)25-29-6-7-31-26-33(9-8-30(31)24-29)36-11-4-3-5-12-36/h6-9,24-26,35H,1,3-5,10-23H2,2H3/b32-25+. The number of anilines is 1. The summed E-state index contributed by atoms with van der Waals surface area (Å²) in [5.41, 5.74) is 3.35. The van der Waals surface area contributed by atoms with Crippen molar-refractivity contribution in [3.8, 4) is 6.07 Å². The fourth-order valence-electron chi connectivity index (χ4n) is 4.54. The van der Waals surface area contributed by atoms with Gasteiger partial charge in [-0.3, -0.25) is 0 Å². The Morgan fingerprint density at radius 3 is 1.93 bits per heavy atom. The highest BCUT2D eigenvalue weighted by atomic mass is 16.6. The molecular weight excluding hydrogens is 534 g/mol. The molecule has 0 bridgehead atoms. The number of hydrogen-bond donors (Lipinski definition) is 1. The van der Waals surface area contributed by atoms with Crippen molar-refractivity contribution in [2.75, 3.05) is 104 Å². The van der Waals surface area contributed by atoms with E-state index in [1.807, 2.05) is 6.08 Å². The summed E-state index contributed by atoms with van der Waals surface area (Å²) in [5, 5.41) is 15.3. The second-order valence-corrected chi connectivity index (χ2v) is 9.97. The maximum atomic E-state index is 9.70. The summed E-state index contributed by atoms with van der Waals surface area (Å²) in [6.07, 6.45) is 5.72. The van der Waals surface area contributed by atoms with Crippen molar-refractivity contribution >= 4 is 22.5 Å². The number of hydrogen-bond acceptors (Lipinski definition) is 9. The molecule has 2 aromatic rings. The van der Waals surface area contributed by atoms with E-state index in [2.05, 4.69) is 59.3 Å². The van der Waals surface area contributed by atoms with Gasteiger partial charge in [0.15, 0.2) is 0 Å². The number of nitrogens with zero attached hydrogens (tertiary/aromatic N) is 2. The number of methoxy groups -OCH3 is 1. The lowest BCUT2D eigenvalue weighted by Crippen LogP contribution is -2.29. The average molecular weight is 582 g/mol. The summed E-state index contributed by atoms with van der Waals surface area (Å²) >= 11 is 0. The quantitative estimate of drug-likeness (QED) is 0.122. The van der Waals surface area contributed by atoms with Gasteiger partial charge in [0.1, 0.15) is 6.07 Å². The van der Waals surface area contributed by atoms with Crippen LogP contribution in [0.5, 0.6) is 0 Å². The molecule has 0 aromatic heterocycles. The minimum atomic E-state index is 0.484. The molecule has 1 saturated heterocycles. The third-order valence-corrected chi connectivity index (χ3v) is 6.83. The molecule has 0 saturated carbocycles. The third-order valence-electron chi connectivity index (χ3n) is 6.83. The van der Waals surface area contributed by atoms with Gasteiger partial charge in [0.2, 0.25) is 0 Å². The normalized spacial score (nSPS) is 13.8. The first-order valence-electron chi connectivity index (χ1n) is 14.9. The van der Waals surface area contributed by atoms with Crippen molar-refractivity contribution < 1.29 is 28.4 Å². The Morgan fingerprint density at radius 1 is 0.786 bits per heavy atom. The highest BCUT2D eigenvalue weighted by molar-refractivity contribution is 5.88. The maximum Gasteiger partial charge on any atom is 0.101 e. The average Bonchev–Trinajstić information content (AvgIpc) is 3.03. The molecule has 0 radical (unpaired) electrons. The van der Waals surface area contributed by atoms with Gasteiger partial charge >= 0.3 is 0 Å². The Hall–Kier alpha value is -2.97. The van der Waals surface area contributed by atoms with E-state index in [-0.39, 0.29) is 0 Å². The van der Waals surface area contributed by atoms with Crippen molar-refractivity contribution in [2.45, 2.75) is 19.3 Å². The van der Waals surface area contributed by atoms with E-state index in [1.54, 1.807) is 7.11 Å². The molecule has 1 N–H and O–H groups in total. The summed E-state index contributed by atoms with van der Waals surface area (Å²) in [6, 6.07) is 15.2. The van der Waals surface area contributed by atoms with Crippen molar-refractivity contribution in [1.82, 2.24) is 5.32 Å². The largest absolute Gasteiger partial charge is 0.382 e. The first-order chi connectivity index (χ1) is 20.7. The van der Waals surface area contributed by atoms with Gasteiger partial charge in [-0.15, -0.1) is 0 Å². The number of benzene rings is 2. The zero-order valence-corrected chi connectivity index (χ0v) is 25.1. The summed E-state index contributed by atoms with van der Waals surface area (Å²) in [4.78, 5) is 2.47. The van der Waals surface area contributed by atoms with Crippen LogP contribution in [0.3, 0.4) is 0 Å². The molecule has 0 unspecified atom stereocenters. The molecule has 42 heavy (non-hydrogen) atoms. The number of nitriles is 1. The van der Waals surface area contributed by atoms with Gasteiger partial charge in [-0.2, -0.15) is 5.26 Å². The molecule has 230 valence electrons. The first-order valence-corrected chi connectivity index (χ1v) is 14.9. The highest BCUT2D eigenvalue weighted by Crippen LogP contribution is 2.26. The van der Waals surface area contributed by atoms with Gasteiger partial charge in [-0.1, -0.05) is 24.8 Å². The summed E-state index contributed by atoms with van der Waals surface area (Å²) in [5.74, 6) is 0. The van der Waals surface area contributed by atoms with E-state index in [0.717, 1.165) is 24.0 Å². The Balaban J connectivity index is 1.23. The summed E-state index contributed by atoms with van der Waals surface area (Å²) in [7, 11) is 1.65. The lowest BCUT2D eigenvalue weighted by Gasteiger charge is -2.29. The fourth-order valence-corrected chi connectivity index (χ4v) is 4.54. The van der Waals surface area contributed by atoms with E-state index >= 15 is 0 Å². The van der Waals surface area contributed by atoms with E-state index < -0.39 is 0 Å². The topological polar surface area (TPSA) is 94.4 Å². The Kier molecular flexibility index (Phi) is 16.6. The van der Waals surface area contributed by atoms with Crippen LogP contribution >= 0.6 is 0 Å². The Bertz CT molecular complexity index is 1130. The third kappa shape index (κ3) is 12.9. The first kappa shape index (κ1) is 33.5.